The van der Waals surface area contributed by atoms with Crippen molar-refractivity contribution in [2.75, 3.05) is 13.1 Å². The molecule has 1 saturated heterocycles. The van der Waals surface area contributed by atoms with Crippen LogP contribution in [0.4, 0.5) is 0 Å². The minimum absolute atomic E-state index is 0.773. The molecule has 0 aromatic rings. The van der Waals surface area contributed by atoms with Crippen LogP contribution >= 0.6 is 0 Å². The second-order valence-electron chi connectivity index (χ2n) is 5.40. The van der Waals surface area contributed by atoms with Gasteiger partial charge in [0.15, 0.2) is 0 Å². The van der Waals surface area contributed by atoms with Gasteiger partial charge < -0.3 is 10.6 Å². The molecule has 14 heavy (non-hydrogen) atoms. The average Bonchev–Trinajstić information content (AvgIpc) is 3.09. The summed E-state index contributed by atoms with van der Waals surface area (Å²) in [5, 5.41) is 7.39. The van der Waals surface area contributed by atoms with Crippen molar-refractivity contribution in [3.05, 3.63) is 0 Å². The summed E-state index contributed by atoms with van der Waals surface area (Å²) < 4.78 is 0. The van der Waals surface area contributed by atoms with Crippen LogP contribution in [0.3, 0.4) is 0 Å². The maximum Gasteiger partial charge on any atom is 0.0193 e. The number of rotatable bonds is 5. The quantitative estimate of drug-likeness (QED) is 0.693. The highest BCUT2D eigenvalue weighted by atomic mass is 15.0. The van der Waals surface area contributed by atoms with Gasteiger partial charge in [-0.2, -0.15) is 0 Å². The minimum atomic E-state index is 0.773. The van der Waals surface area contributed by atoms with Crippen molar-refractivity contribution >= 4 is 0 Å². The Morgan fingerprint density at radius 3 is 2.29 bits per heavy atom. The van der Waals surface area contributed by atoms with E-state index in [2.05, 4.69) is 10.6 Å². The van der Waals surface area contributed by atoms with Crippen LogP contribution in [0, 0.1) is 11.8 Å². The normalized spacial score (nSPS) is 32.8. The van der Waals surface area contributed by atoms with Gasteiger partial charge in [-0.15, -0.1) is 0 Å². The maximum atomic E-state index is 3.82. The van der Waals surface area contributed by atoms with Gasteiger partial charge in [0.25, 0.3) is 0 Å². The fourth-order valence-electron chi connectivity index (χ4n) is 2.84. The predicted octanol–water partition coefficient (Wildman–Crippen LogP) is 1.52. The molecule has 2 aliphatic carbocycles. The lowest BCUT2D eigenvalue weighted by Gasteiger charge is -2.20. The van der Waals surface area contributed by atoms with E-state index in [1.54, 1.807) is 0 Å². The van der Waals surface area contributed by atoms with Gasteiger partial charge in [-0.05, 0) is 56.9 Å². The maximum absolute atomic E-state index is 3.82. The van der Waals surface area contributed by atoms with E-state index < -0.39 is 0 Å². The molecule has 1 atom stereocenters. The van der Waals surface area contributed by atoms with E-state index >= 15 is 0 Å². The Kier molecular flexibility index (Phi) is 2.50. The van der Waals surface area contributed by atoms with Crippen LogP contribution in [0.25, 0.3) is 0 Å². The van der Waals surface area contributed by atoms with Gasteiger partial charge >= 0.3 is 0 Å². The van der Waals surface area contributed by atoms with E-state index in [1.807, 2.05) is 0 Å². The smallest absolute Gasteiger partial charge is 0.0193 e. The molecule has 1 unspecified atom stereocenters. The highest BCUT2D eigenvalue weighted by molar-refractivity contribution is 4.97. The van der Waals surface area contributed by atoms with Gasteiger partial charge in [0.05, 0.1) is 0 Å². The Hall–Kier alpha value is -0.0800. The lowest BCUT2D eigenvalue weighted by Crippen LogP contribution is -2.41. The molecular formula is C12H22N2. The van der Waals surface area contributed by atoms with Crippen molar-refractivity contribution in [1.29, 1.82) is 0 Å². The summed E-state index contributed by atoms with van der Waals surface area (Å²) >= 11 is 0. The molecule has 0 radical (unpaired) electrons. The van der Waals surface area contributed by atoms with Gasteiger partial charge in [0, 0.05) is 18.6 Å². The molecular weight excluding hydrogens is 172 g/mol. The summed E-state index contributed by atoms with van der Waals surface area (Å²) in [6.45, 7) is 2.46. The predicted molar refractivity (Wildman–Crippen MR) is 58.3 cm³/mol. The monoisotopic (exact) mass is 194 g/mol. The van der Waals surface area contributed by atoms with Gasteiger partial charge in [-0.1, -0.05) is 0 Å². The Balaban J connectivity index is 1.44. The van der Waals surface area contributed by atoms with Crippen LogP contribution in [-0.4, -0.2) is 25.2 Å². The fraction of sp³-hybridized carbons (Fsp3) is 1.00. The van der Waals surface area contributed by atoms with Crippen LogP contribution < -0.4 is 10.6 Å². The third kappa shape index (κ3) is 2.12. The van der Waals surface area contributed by atoms with Crippen molar-refractivity contribution < 1.29 is 0 Å². The van der Waals surface area contributed by atoms with Crippen LogP contribution in [0.5, 0.6) is 0 Å². The third-order valence-corrected chi connectivity index (χ3v) is 4.02. The van der Waals surface area contributed by atoms with E-state index in [0.717, 1.165) is 23.9 Å². The molecule has 80 valence electrons. The van der Waals surface area contributed by atoms with Gasteiger partial charge in [0.1, 0.15) is 0 Å². The zero-order valence-electron chi connectivity index (χ0n) is 8.97. The molecule has 0 amide bonds. The molecule has 0 aromatic carbocycles. The Morgan fingerprint density at radius 1 is 1.07 bits per heavy atom. The average molecular weight is 194 g/mol. The number of nitrogens with one attached hydrogen (secondary N) is 2. The van der Waals surface area contributed by atoms with E-state index in [0.29, 0.717) is 0 Å². The van der Waals surface area contributed by atoms with Crippen molar-refractivity contribution in [2.24, 2.45) is 11.8 Å². The van der Waals surface area contributed by atoms with Crippen molar-refractivity contribution in [3.8, 4) is 0 Å². The minimum Gasteiger partial charge on any atom is -0.313 e. The van der Waals surface area contributed by atoms with E-state index in [9.17, 15) is 0 Å². The first-order chi connectivity index (χ1) is 6.93. The SMILES string of the molecule is C1CNC(CNC(C2CC2)C2CC2)C1. The molecule has 2 saturated carbocycles. The second-order valence-corrected chi connectivity index (χ2v) is 5.40. The molecule has 1 aliphatic heterocycles. The summed E-state index contributed by atoms with van der Waals surface area (Å²) in [6.07, 6.45) is 8.73. The molecule has 3 rings (SSSR count). The van der Waals surface area contributed by atoms with Crippen molar-refractivity contribution in [3.63, 3.8) is 0 Å². The van der Waals surface area contributed by atoms with E-state index in [1.165, 1.54) is 51.6 Å². The number of hydrogen-bond donors (Lipinski definition) is 2. The molecule has 0 spiro atoms. The topological polar surface area (TPSA) is 24.1 Å². The summed E-state index contributed by atoms with van der Waals surface area (Å²) in [5.41, 5.74) is 0. The summed E-state index contributed by atoms with van der Waals surface area (Å²) in [6, 6.07) is 1.66. The van der Waals surface area contributed by atoms with Crippen LogP contribution in [-0.2, 0) is 0 Å². The summed E-state index contributed by atoms with van der Waals surface area (Å²) in [5.74, 6) is 2.09. The molecule has 3 fully saturated rings. The highest BCUT2D eigenvalue weighted by Crippen LogP contribution is 2.44. The molecule has 1 heterocycles. The lowest BCUT2D eigenvalue weighted by atomic mass is 10.1. The second kappa shape index (κ2) is 3.82. The summed E-state index contributed by atoms with van der Waals surface area (Å²) in [4.78, 5) is 0. The van der Waals surface area contributed by atoms with Crippen LogP contribution in [0.15, 0.2) is 0 Å². The zero-order valence-corrected chi connectivity index (χ0v) is 8.97. The molecule has 0 bridgehead atoms. The zero-order chi connectivity index (χ0) is 9.38. The van der Waals surface area contributed by atoms with Gasteiger partial charge in [-0.3, -0.25) is 0 Å². The molecule has 0 aromatic heterocycles. The highest BCUT2D eigenvalue weighted by Gasteiger charge is 2.41. The Morgan fingerprint density at radius 2 is 1.79 bits per heavy atom. The Bertz CT molecular complexity index is 178. The van der Waals surface area contributed by atoms with Crippen LogP contribution in [0.1, 0.15) is 38.5 Å². The molecule has 2 heteroatoms. The third-order valence-electron chi connectivity index (χ3n) is 4.02. The lowest BCUT2D eigenvalue weighted by molar-refractivity contribution is 0.392. The van der Waals surface area contributed by atoms with Crippen LogP contribution in [0.2, 0.25) is 0 Å². The van der Waals surface area contributed by atoms with Gasteiger partial charge in [-0.25, -0.2) is 0 Å². The number of hydrogen-bond acceptors (Lipinski definition) is 2. The Labute approximate surface area is 86.8 Å². The van der Waals surface area contributed by atoms with Crippen molar-refractivity contribution in [2.45, 2.75) is 50.6 Å². The molecule has 2 nitrogen and oxygen atoms in total. The molecule has 2 N–H and O–H groups in total. The first kappa shape index (κ1) is 9.17. The van der Waals surface area contributed by atoms with Gasteiger partial charge in [0.2, 0.25) is 0 Å². The van der Waals surface area contributed by atoms with Crippen molar-refractivity contribution in [1.82, 2.24) is 10.6 Å². The fourth-order valence-corrected chi connectivity index (χ4v) is 2.84. The first-order valence-corrected chi connectivity index (χ1v) is 6.40. The molecule has 3 aliphatic rings. The standard InChI is InChI=1S/C12H22N2/c1-2-11(13-7-1)8-14-12(9-3-4-9)10-5-6-10/h9-14H,1-8H2. The largest absolute Gasteiger partial charge is 0.313 e. The van der Waals surface area contributed by atoms with E-state index in [-0.39, 0.29) is 0 Å². The first-order valence-electron chi connectivity index (χ1n) is 6.40. The van der Waals surface area contributed by atoms with E-state index in [4.69, 9.17) is 0 Å². The summed E-state index contributed by atoms with van der Waals surface area (Å²) in [7, 11) is 0.